The van der Waals surface area contributed by atoms with Crippen LogP contribution in [0.4, 0.5) is 5.69 Å². The van der Waals surface area contributed by atoms with Gasteiger partial charge < -0.3 is 9.64 Å². The van der Waals surface area contributed by atoms with Gasteiger partial charge in [0.2, 0.25) is 15.9 Å². The molecule has 1 amide bonds. The quantitative estimate of drug-likeness (QED) is 0.825. The minimum Gasteiger partial charge on any atom is -0.378 e. The second-order valence-electron chi connectivity index (χ2n) is 5.55. The van der Waals surface area contributed by atoms with E-state index in [1.54, 1.807) is 11.0 Å². The first-order valence-electron chi connectivity index (χ1n) is 7.19. The van der Waals surface area contributed by atoms with Crippen LogP contribution in [0.2, 0.25) is 0 Å². The van der Waals surface area contributed by atoms with Crippen LogP contribution in [0.5, 0.6) is 0 Å². The fourth-order valence-corrected chi connectivity index (χ4v) is 3.41. The highest BCUT2D eigenvalue weighted by molar-refractivity contribution is 7.92. The number of carbonyl (C=O) groups excluding carboxylic acids is 1. The van der Waals surface area contributed by atoms with E-state index in [9.17, 15) is 13.2 Å². The molecule has 0 N–H and O–H groups in total. The lowest BCUT2D eigenvalue weighted by Gasteiger charge is -2.30. The van der Waals surface area contributed by atoms with Crippen LogP contribution in [0.25, 0.3) is 0 Å². The predicted molar refractivity (Wildman–Crippen MR) is 85.5 cm³/mol. The third-order valence-electron chi connectivity index (χ3n) is 3.66. The topological polar surface area (TPSA) is 66.9 Å². The fourth-order valence-electron chi connectivity index (χ4n) is 2.50. The van der Waals surface area contributed by atoms with Crippen molar-refractivity contribution < 1.29 is 17.9 Å². The number of anilines is 1. The van der Waals surface area contributed by atoms with Crippen LogP contribution in [0.1, 0.15) is 11.1 Å². The molecular weight excluding hydrogens is 304 g/mol. The van der Waals surface area contributed by atoms with Gasteiger partial charge in [-0.15, -0.1) is 0 Å². The Morgan fingerprint density at radius 2 is 1.91 bits per heavy atom. The summed E-state index contributed by atoms with van der Waals surface area (Å²) in [5.41, 5.74) is 2.43. The Hall–Kier alpha value is -1.60. The van der Waals surface area contributed by atoms with E-state index in [1.165, 1.54) is 4.31 Å². The lowest BCUT2D eigenvalue weighted by Crippen LogP contribution is -2.47. The Balaban J connectivity index is 2.25. The minimum absolute atomic E-state index is 0.178. The zero-order chi connectivity index (χ0) is 16.3. The van der Waals surface area contributed by atoms with Gasteiger partial charge in [0.05, 0.1) is 25.2 Å². The molecule has 1 aromatic carbocycles. The number of aryl methyl sites for hydroxylation is 2. The molecule has 6 nitrogen and oxygen atoms in total. The molecule has 1 fully saturated rings. The van der Waals surface area contributed by atoms with Gasteiger partial charge in [-0.2, -0.15) is 0 Å². The van der Waals surface area contributed by atoms with E-state index in [0.29, 0.717) is 32.0 Å². The highest BCUT2D eigenvalue weighted by atomic mass is 32.2. The lowest BCUT2D eigenvalue weighted by molar-refractivity contribution is -0.133. The fraction of sp³-hybridized carbons (Fsp3) is 0.533. The maximum Gasteiger partial charge on any atom is 0.243 e. The van der Waals surface area contributed by atoms with Crippen LogP contribution < -0.4 is 4.31 Å². The molecule has 0 aromatic heterocycles. The summed E-state index contributed by atoms with van der Waals surface area (Å²) in [5, 5.41) is 0. The van der Waals surface area contributed by atoms with E-state index in [-0.39, 0.29) is 12.5 Å². The Kier molecular flexibility index (Phi) is 5.08. The molecule has 0 spiro atoms. The van der Waals surface area contributed by atoms with Crippen LogP contribution in [-0.4, -0.2) is 58.3 Å². The summed E-state index contributed by atoms with van der Waals surface area (Å²) in [6.45, 7) is 5.61. The number of amides is 1. The second kappa shape index (κ2) is 6.66. The van der Waals surface area contributed by atoms with Crippen molar-refractivity contribution in [3.63, 3.8) is 0 Å². The summed E-state index contributed by atoms with van der Waals surface area (Å²) in [6, 6.07) is 5.50. The van der Waals surface area contributed by atoms with Crippen LogP contribution in [0.15, 0.2) is 18.2 Å². The number of sulfonamides is 1. The second-order valence-corrected chi connectivity index (χ2v) is 7.46. The van der Waals surface area contributed by atoms with E-state index >= 15 is 0 Å². The summed E-state index contributed by atoms with van der Waals surface area (Å²) in [6.07, 6.45) is 1.12. The third-order valence-corrected chi connectivity index (χ3v) is 4.79. The number of hydrogen-bond acceptors (Lipinski definition) is 4. The minimum atomic E-state index is -3.53. The Labute approximate surface area is 131 Å². The maximum absolute atomic E-state index is 12.4. The highest BCUT2D eigenvalue weighted by Crippen LogP contribution is 2.23. The molecule has 7 heteroatoms. The van der Waals surface area contributed by atoms with Crippen molar-refractivity contribution in [3.05, 3.63) is 29.3 Å². The summed E-state index contributed by atoms with van der Waals surface area (Å²) < 4.78 is 30.6. The summed E-state index contributed by atoms with van der Waals surface area (Å²) in [7, 11) is -3.53. The molecule has 1 aliphatic rings. The molecule has 122 valence electrons. The van der Waals surface area contributed by atoms with Gasteiger partial charge in [0, 0.05) is 13.1 Å². The predicted octanol–water partition coefficient (Wildman–Crippen LogP) is 0.928. The van der Waals surface area contributed by atoms with Crippen molar-refractivity contribution in [2.45, 2.75) is 13.8 Å². The molecule has 1 saturated heterocycles. The zero-order valence-corrected chi connectivity index (χ0v) is 14.0. The summed E-state index contributed by atoms with van der Waals surface area (Å²) >= 11 is 0. The average molecular weight is 326 g/mol. The Morgan fingerprint density at radius 3 is 2.45 bits per heavy atom. The average Bonchev–Trinajstić information content (AvgIpc) is 2.45. The van der Waals surface area contributed by atoms with Gasteiger partial charge in [0.1, 0.15) is 6.54 Å². The molecule has 0 saturated carbocycles. The van der Waals surface area contributed by atoms with Crippen LogP contribution in [0, 0.1) is 13.8 Å². The normalized spacial score (nSPS) is 15.7. The van der Waals surface area contributed by atoms with Gasteiger partial charge in [0.25, 0.3) is 0 Å². The smallest absolute Gasteiger partial charge is 0.243 e. The number of rotatable bonds is 4. The van der Waals surface area contributed by atoms with Gasteiger partial charge in [0.15, 0.2) is 0 Å². The van der Waals surface area contributed by atoms with Crippen molar-refractivity contribution in [3.8, 4) is 0 Å². The first-order valence-corrected chi connectivity index (χ1v) is 9.04. The van der Waals surface area contributed by atoms with Crippen LogP contribution >= 0.6 is 0 Å². The van der Waals surface area contributed by atoms with Gasteiger partial charge in [-0.3, -0.25) is 9.10 Å². The van der Waals surface area contributed by atoms with E-state index < -0.39 is 10.0 Å². The summed E-state index contributed by atoms with van der Waals surface area (Å²) in [4.78, 5) is 14.0. The highest BCUT2D eigenvalue weighted by Gasteiger charge is 2.26. The first-order chi connectivity index (χ1) is 10.3. The van der Waals surface area contributed by atoms with E-state index in [2.05, 4.69) is 0 Å². The third kappa shape index (κ3) is 3.98. The van der Waals surface area contributed by atoms with Gasteiger partial charge >= 0.3 is 0 Å². The molecule has 1 aliphatic heterocycles. The molecule has 0 aliphatic carbocycles. The summed E-state index contributed by atoms with van der Waals surface area (Å²) in [5.74, 6) is -0.200. The molecule has 1 heterocycles. The maximum atomic E-state index is 12.4. The van der Waals surface area contributed by atoms with Crippen molar-refractivity contribution >= 4 is 21.6 Å². The Bertz CT molecular complexity index is 652. The van der Waals surface area contributed by atoms with Gasteiger partial charge in [-0.05, 0) is 25.5 Å². The molecular formula is C15H22N2O4S. The van der Waals surface area contributed by atoms with Crippen molar-refractivity contribution in [1.82, 2.24) is 4.90 Å². The number of carbonyl (C=O) groups is 1. The van der Waals surface area contributed by atoms with E-state index in [1.807, 2.05) is 26.0 Å². The standard InChI is InChI=1S/C15H22N2O4S/c1-12-4-5-14(13(2)10-12)17(22(3,19)20)11-15(18)16-6-8-21-9-7-16/h4-5,10H,6-9,11H2,1-3H3. The van der Waals surface area contributed by atoms with Crippen molar-refractivity contribution in [2.24, 2.45) is 0 Å². The SMILES string of the molecule is Cc1ccc(N(CC(=O)N2CCOCC2)S(C)(=O)=O)c(C)c1. The molecule has 0 bridgehead atoms. The van der Waals surface area contributed by atoms with Crippen LogP contribution in [0.3, 0.4) is 0 Å². The molecule has 1 aromatic rings. The van der Waals surface area contributed by atoms with Crippen molar-refractivity contribution in [2.75, 3.05) is 43.4 Å². The molecule has 22 heavy (non-hydrogen) atoms. The number of hydrogen-bond donors (Lipinski definition) is 0. The van der Waals surface area contributed by atoms with E-state index in [0.717, 1.165) is 17.4 Å². The van der Waals surface area contributed by atoms with Crippen LogP contribution in [-0.2, 0) is 19.6 Å². The largest absolute Gasteiger partial charge is 0.378 e. The molecule has 0 atom stereocenters. The molecule has 0 unspecified atom stereocenters. The Morgan fingerprint density at radius 1 is 1.27 bits per heavy atom. The lowest BCUT2D eigenvalue weighted by atomic mass is 10.1. The number of nitrogens with zero attached hydrogens (tertiary/aromatic N) is 2. The first kappa shape index (κ1) is 16.8. The van der Waals surface area contributed by atoms with Gasteiger partial charge in [-0.25, -0.2) is 8.42 Å². The van der Waals surface area contributed by atoms with E-state index in [4.69, 9.17) is 4.74 Å². The van der Waals surface area contributed by atoms with Gasteiger partial charge in [-0.1, -0.05) is 17.7 Å². The zero-order valence-electron chi connectivity index (χ0n) is 13.2. The number of ether oxygens (including phenoxy) is 1. The molecule has 0 radical (unpaired) electrons. The van der Waals surface area contributed by atoms with Crippen molar-refractivity contribution in [1.29, 1.82) is 0 Å². The number of benzene rings is 1. The number of morpholine rings is 1. The molecule has 2 rings (SSSR count). The monoisotopic (exact) mass is 326 g/mol.